The molecule has 7 nitrogen and oxygen atoms in total. The molecule has 1 amide bonds. The van der Waals surface area contributed by atoms with Gasteiger partial charge < -0.3 is 5.32 Å². The quantitative estimate of drug-likeness (QED) is 0.666. The van der Waals surface area contributed by atoms with Crippen LogP contribution >= 0.6 is 11.6 Å². The lowest BCUT2D eigenvalue weighted by Crippen LogP contribution is -2.17. The summed E-state index contributed by atoms with van der Waals surface area (Å²) in [6.45, 7) is 0. The number of aromatic amines is 2. The molecule has 0 saturated carbocycles. The van der Waals surface area contributed by atoms with Gasteiger partial charge in [0.2, 0.25) is 0 Å². The first-order chi connectivity index (χ1) is 9.65. The summed E-state index contributed by atoms with van der Waals surface area (Å²) in [4.78, 5) is 22.9. The molecular formula is C12H8ClN5O2. The number of H-pyrrole nitrogens is 2. The van der Waals surface area contributed by atoms with Crippen LogP contribution in [0.3, 0.4) is 0 Å². The fraction of sp³-hybridized carbons (Fsp3) is 0. The van der Waals surface area contributed by atoms with Gasteiger partial charge in [0.25, 0.3) is 11.5 Å². The van der Waals surface area contributed by atoms with E-state index in [9.17, 15) is 9.59 Å². The third-order valence-electron chi connectivity index (χ3n) is 2.69. The Hall–Kier alpha value is -2.67. The highest BCUT2D eigenvalue weighted by atomic mass is 35.5. The molecule has 0 aliphatic heterocycles. The van der Waals surface area contributed by atoms with E-state index in [0.717, 1.165) is 0 Å². The van der Waals surface area contributed by atoms with E-state index < -0.39 is 5.91 Å². The van der Waals surface area contributed by atoms with Crippen LogP contribution in [-0.4, -0.2) is 26.3 Å². The monoisotopic (exact) mass is 289 g/mol. The molecule has 3 aromatic rings. The Labute approximate surface area is 117 Å². The summed E-state index contributed by atoms with van der Waals surface area (Å²) in [7, 11) is 0. The average Bonchev–Trinajstić information content (AvgIpc) is 2.84. The number of hydrogen-bond acceptors (Lipinski definition) is 4. The molecule has 0 saturated heterocycles. The largest absolute Gasteiger partial charge is 0.303 e. The summed E-state index contributed by atoms with van der Waals surface area (Å²) < 4.78 is 0. The smallest absolute Gasteiger partial charge is 0.277 e. The van der Waals surface area contributed by atoms with Crippen LogP contribution in [0.25, 0.3) is 10.9 Å². The van der Waals surface area contributed by atoms with Crippen molar-refractivity contribution in [2.75, 3.05) is 5.32 Å². The van der Waals surface area contributed by atoms with Gasteiger partial charge in [-0.15, -0.1) is 0 Å². The fourth-order valence-electron chi connectivity index (χ4n) is 1.74. The molecule has 1 aromatic carbocycles. The highest BCUT2D eigenvalue weighted by Gasteiger charge is 2.13. The van der Waals surface area contributed by atoms with E-state index in [4.69, 9.17) is 11.6 Å². The minimum atomic E-state index is -0.477. The second kappa shape index (κ2) is 4.78. The van der Waals surface area contributed by atoms with Crippen molar-refractivity contribution in [2.45, 2.75) is 0 Å². The van der Waals surface area contributed by atoms with Crippen LogP contribution < -0.4 is 10.9 Å². The standard InChI is InChI=1S/C12H8ClN5O2/c13-7-3-1-2-6-10(7)17-18-11(6)14-12(20)8-4-5-9(19)16-15-8/h1-5H,(H,16,19)(H2,14,17,18,20). The first-order valence-corrected chi connectivity index (χ1v) is 6.02. The lowest BCUT2D eigenvalue weighted by Gasteiger charge is -2.01. The van der Waals surface area contributed by atoms with Gasteiger partial charge in [0, 0.05) is 11.5 Å². The zero-order valence-electron chi connectivity index (χ0n) is 9.98. The molecule has 100 valence electrons. The number of nitrogens with one attached hydrogen (secondary N) is 3. The summed E-state index contributed by atoms with van der Waals surface area (Å²) in [6.07, 6.45) is 0. The van der Waals surface area contributed by atoms with E-state index in [1.54, 1.807) is 18.2 Å². The number of carbonyl (C=O) groups excluding carboxylic acids is 1. The van der Waals surface area contributed by atoms with Crippen molar-refractivity contribution in [2.24, 2.45) is 0 Å². The number of fused-ring (bicyclic) bond motifs is 1. The van der Waals surface area contributed by atoms with Crippen LogP contribution in [0.4, 0.5) is 5.82 Å². The molecular weight excluding hydrogens is 282 g/mol. The Morgan fingerprint density at radius 3 is 2.75 bits per heavy atom. The number of aromatic nitrogens is 4. The number of hydrogen-bond donors (Lipinski definition) is 3. The topological polar surface area (TPSA) is 104 Å². The van der Waals surface area contributed by atoms with Crippen LogP contribution in [0, 0.1) is 0 Å². The van der Waals surface area contributed by atoms with Crippen LogP contribution in [0.5, 0.6) is 0 Å². The van der Waals surface area contributed by atoms with Crippen molar-refractivity contribution < 1.29 is 4.79 Å². The SMILES string of the molecule is O=C(Nc1n[nH]c2c(Cl)cccc12)c1ccc(=O)[nH]n1. The minimum Gasteiger partial charge on any atom is -0.303 e. The van der Waals surface area contributed by atoms with Gasteiger partial charge in [-0.1, -0.05) is 17.7 Å². The number of amides is 1. The Balaban J connectivity index is 1.93. The number of rotatable bonds is 2. The zero-order chi connectivity index (χ0) is 14.1. The minimum absolute atomic E-state index is 0.0859. The Kier molecular flexibility index (Phi) is 2.96. The number of carbonyl (C=O) groups is 1. The number of nitrogens with zero attached hydrogens (tertiary/aromatic N) is 2. The number of anilines is 1. The van der Waals surface area contributed by atoms with E-state index >= 15 is 0 Å². The van der Waals surface area contributed by atoms with Crippen LogP contribution in [0.15, 0.2) is 35.1 Å². The summed E-state index contributed by atoms with van der Waals surface area (Å²) in [5.41, 5.74) is 0.347. The first-order valence-electron chi connectivity index (χ1n) is 5.65. The van der Waals surface area contributed by atoms with Crippen LogP contribution in [0.1, 0.15) is 10.5 Å². The molecule has 2 aromatic heterocycles. The molecule has 0 unspecified atom stereocenters. The second-order valence-electron chi connectivity index (χ2n) is 4.00. The molecule has 0 aliphatic rings. The molecule has 0 radical (unpaired) electrons. The predicted molar refractivity (Wildman–Crippen MR) is 73.9 cm³/mol. The summed E-state index contributed by atoms with van der Waals surface area (Å²) in [6, 6.07) is 7.81. The third-order valence-corrected chi connectivity index (χ3v) is 3.01. The normalized spacial score (nSPS) is 10.7. The number of para-hydroxylation sites is 1. The fourth-order valence-corrected chi connectivity index (χ4v) is 1.96. The summed E-state index contributed by atoms with van der Waals surface area (Å²) in [5.74, 6) is -0.130. The highest BCUT2D eigenvalue weighted by molar-refractivity contribution is 6.35. The predicted octanol–water partition coefficient (Wildman–Crippen LogP) is 1.55. The third kappa shape index (κ3) is 2.14. The maximum absolute atomic E-state index is 12.0. The van der Waals surface area contributed by atoms with Crippen molar-refractivity contribution in [3.8, 4) is 0 Å². The number of benzene rings is 1. The van der Waals surface area contributed by atoms with Crippen LogP contribution in [-0.2, 0) is 0 Å². The lowest BCUT2D eigenvalue weighted by atomic mass is 10.2. The van der Waals surface area contributed by atoms with Gasteiger partial charge in [0.15, 0.2) is 5.82 Å². The van der Waals surface area contributed by atoms with E-state index in [-0.39, 0.29) is 11.3 Å². The van der Waals surface area contributed by atoms with E-state index in [1.807, 2.05) is 0 Å². The van der Waals surface area contributed by atoms with Crippen molar-refractivity contribution >= 4 is 34.2 Å². The maximum Gasteiger partial charge on any atom is 0.277 e. The maximum atomic E-state index is 12.0. The van der Waals surface area contributed by atoms with Gasteiger partial charge in [-0.3, -0.25) is 14.7 Å². The van der Waals surface area contributed by atoms with Crippen LogP contribution in [0.2, 0.25) is 5.02 Å². The first kappa shape index (κ1) is 12.4. The van der Waals surface area contributed by atoms with Gasteiger partial charge in [-0.2, -0.15) is 10.2 Å². The van der Waals surface area contributed by atoms with Gasteiger partial charge in [-0.25, -0.2) is 5.10 Å². The Morgan fingerprint density at radius 1 is 1.15 bits per heavy atom. The van der Waals surface area contributed by atoms with Crippen molar-refractivity contribution in [1.82, 2.24) is 20.4 Å². The molecule has 3 N–H and O–H groups in total. The molecule has 20 heavy (non-hydrogen) atoms. The molecule has 0 bridgehead atoms. The molecule has 0 spiro atoms. The van der Waals surface area contributed by atoms with Crippen molar-refractivity contribution in [3.63, 3.8) is 0 Å². The highest BCUT2D eigenvalue weighted by Crippen LogP contribution is 2.26. The van der Waals surface area contributed by atoms with E-state index in [0.29, 0.717) is 21.7 Å². The van der Waals surface area contributed by atoms with Crippen molar-refractivity contribution in [3.05, 3.63) is 51.4 Å². The van der Waals surface area contributed by atoms with Gasteiger partial charge in [-0.05, 0) is 18.2 Å². The molecule has 0 fully saturated rings. The van der Waals surface area contributed by atoms with E-state index in [1.165, 1.54) is 12.1 Å². The van der Waals surface area contributed by atoms with Crippen molar-refractivity contribution in [1.29, 1.82) is 0 Å². The lowest BCUT2D eigenvalue weighted by molar-refractivity contribution is 0.102. The molecule has 2 heterocycles. The average molecular weight is 290 g/mol. The summed E-state index contributed by atoms with van der Waals surface area (Å²) >= 11 is 6.01. The number of halogens is 1. The second-order valence-corrected chi connectivity index (χ2v) is 4.40. The molecule has 8 heteroatoms. The molecule has 0 atom stereocenters. The van der Waals surface area contributed by atoms with Gasteiger partial charge >= 0.3 is 0 Å². The summed E-state index contributed by atoms with van der Waals surface area (Å²) in [5, 5.41) is 16.4. The Bertz CT molecular complexity index is 834. The Morgan fingerprint density at radius 2 is 2.00 bits per heavy atom. The van der Waals surface area contributed by atoms with E-state index in [2.05, 4.69) is 25.7 Å². The zero-order valence-corrected chi connectivity index (χ0v) is 10.7. The molecule has 0 aliphatic carbocycles. The van der Waals surface area contributed by atoms with Gasteiger partial charge in [0.05, 0.1) is 10.5 Å². The molecule has 3 rings (SSSR count). The van der Waals surface area contributed by atoms with Gasteiger partial charge in [0.1, 0.15) is 5.69 Å².